The van der Waals surface area contributed by atoms with Crippen molar-refractivity contribution in [2.45, 2.75) is 62.7 Å². The first-order chi connectivity index (χ1) is 15.6. The van der Waals surface area contributed by atoms with Gasteiger partial charge in [-0.1, -0.05) is 16.8 Å². The second-order valence-electron chi connectivity index (χ2n) is 8.85. The number of ether oxygens (including phenoxy) is 1. The van der Waals surface area contributed by atoms with Crippen LogP contribution in [0.5, 0.6) is 0 Å². The number of pyridine rings is 2. The van der Waals surface area contributed by atoms with E-state index in [-0.39, 0.29) is 29.2 Å². The van der Waals surface area contributed by atoms with Crippen LogP contribution < -0.4 is 0 Å². The highest BCUT2D eigenvalue weighted by Gasteiger charge is 2.36. The number of carbonyl (C=O) groups is 1. The predicted molar refractivity (Wildman–Crippen MR) is 123 cm³/mol. The lowest BCUT2D eigenvalue weighted by Crippen LogP contribution is -2.48. The number of aromatic nitrogens is 5. The van der Waals surface area contributed by atoms with Gasteiger partial charge in [-0.25, -0.2) is 23.8 Å². The number of likely N-dealkylation sites (tertiary alicyclic amines) is 1. The second-order valence-corrected chi connectivity index (χ2v) is 10.00. The first-order valence-corrected chi connectivity index (χ1v) is 12.0. The molecule has 12 heteroatoms. The number of carbonyl (C=O) groups excluding carboxylic acids is 1. The number of hydrogen-bond donors (Lipinski definition) is 0. The van der Waals surface area contributed by atoms with Crippen LogP contribution in [0.1, 0.15) is 46.1 Å². The summed E-state index contributed by atoms with van der Waals surface area (Å²) >= 11 is 7.23. The standard InChI is InChI=1S/C21H23ClFN7O2S/c1-21(2,3)32-20(31)29-8-6-12(9-11(29)5-7-24)30-17-13-10-25-18(22)14(23)15(13)26-19(33-4)16(17)27-28-30/h10-12H,5-6,8-9H2,1-4H3/t11-,12+/m1/s1. The minimum Gasteiger partial charge on any atom is -0.444 e. The van der Waals surface area contributed by atoms with E-state index >= 15 is 0 Å². The molecule has 1 fully saturated rings. The normalized spacial score (nSPS) is 19.1. The summed E-state index contributed by atoms with van der Waals surface area (Å²) in [5, 5.41) is 18.8. The summed E-state index contributed by atoms with van der Waals surface area (Å²) < 4.78 is 22.0. The van der Waals surface area contributed by atoms with E-state index < -0.39 is 17.5 Å². The number of piperidine rings is 1. The molecule has 0 unspecified atom stereocenters. The molecular weight excluding hydrogens is 469 g/mol. The Balaban J connectivity index is 1.75. The van der Waals surface area contributed by atoms with Gasteiger partial charge in [0.2, 0.25) is 0 Å². The predicted octanol–water partition coefficient (Wildman–Crippen LogP) is 4.74. The van der Waals surface area contributed by atoms with Crippen LogP contribution in [0.25, 0.3) is 21.9 Å². The van der Waals surface area contributed by atoms with E-state index in [1.54, 1.807) is 30.4 Å². The van der Waals surface area contributed by atoms with Crippen LogP contribution in [0.2, 0.25) is 5.15 Å². The molecule has 0 aliphatic carbocycles. The summed E-state index contributed by atoms with van der Waals surface area (Å²) in [5.74, 6) is -0.693. The summed E-state index contributed by atoms with van der Waals surface area (Å²) in [5.41, 5.74) is 0.630. The fraction of sp³-hybridized carbons (Fsp3) is 0.524. The van der Waals surface area contributed by atoms with Gasteiger partial charge in [0, 0.05) is 18.1 Å². The SMILES string of the molecule is CSc1nc2c(F)c(Cl)ncc2c2c1nnn2[C@H]1CCN(C(=O)OC(C)(C)C)[C@H](CC#N)C1. The molecule has 0 saturated carbocycles. The zero-order valence-electron chi connectivity index (χ0n) is 18.7. The van der Waals surface area contributed by atoms with E-state index in [1.165, 1.54) is 18.0 Å². The van der Waals surface area contributed by atoms with Crippen molar-refractivity contribution in [3.63, 3.8) is 0 Å². The fourth-order valence-electron chi connectivity index (χ4n) is 4.09. The average Bonchev–Trinajstić information content (AvgIpc) is 3.20. The minimum atomic E-state index is -0.693. The Morgan fingerprint density at radius 1 is 1.42 bits per heavy atom. The lowest BCUT2D eigenvalue weighted by atomic mass is 9.95. The summed E-state index contributed by atoms with van der Waals surface area (Å²) in [7, 11) is 0. The van der Waals surface area contributed by atoms with Gasteiger partial charge in [-0.2, -0.15) is 5.26 Å². The number of amides is 1. The quantitative estimate of drug-likeness (QED) is 0.381. The molecule has 1 amide bonds. The Bertz CT molecular complexity index is 1270. The van der Waals surface area contributed by atoms with Crippen LogP contribution >= 0.6 is 23.4 Å². The third kappa shape index (κ3) is 4.42. The fourth-order valence-corrected chi connectivity index (χ4v) is 4.74. The summed E-state index contributed by atoms with van der Waals surface area (Å²) in [6.07, 6.45) is 4.07. The van der Waals surface area contributed by atoms with Gasteiger partial charge in [0.1, 0.15) is 27.2 Å². The van der Waals surface area contributed by atoms with E-state index in [9.17, 15) is 14.4 Å². The van der Waals surface area contributed by atoms with Crippen molar-refractivity contribution in [3.8, 4) is 6.07 Å². The molecule has 9 nitrogen and oxygen atoms in total. The van der Waals surface area contributed by atoms with E-state index in [0.29, 0.717) is 40.8 Å². The molecule has 1 saturated heterocycles. The molecule has 3 aromatic rings. The Morgan fingerprint density at radius 3 is 2.85 bits per heavy atom. The maximum absolute atomic E-state index is 14.8. The van der Waals surface area contributed by atoms with Gasteiger partial charge in [-0.05, 0) is 39.9 Å². The maximum atomic E-state index is 14.8. The summed E-state index contributed by atoms with van der Waals surface area (Å²) in [4.78, 5) is 22.7. The zero-order valence-corrected chi connectivity index (χ0v) is 20.2. The molecule has 0 radical (unpaired) electrons. The maximum Gasteiger partial charge on any atom is 0.410 e. The average molecular weight is 492 g/mol. The molecule has 4 rings (SSSR count). The third-order valence-electron chi connectivity index (χ3n) is 5.50. The van der Waals surface area contributed by atoms with Gasteiger partial charge in [0.05, 0.1) is 24.6 Å². The van der Waals surface area contributed by atoms with E-state index in [1.807, 2.05) is 6.26 Å². The Labute approximate surface area is 199 Å². The highest BCUT2D eigenvalue weighted by molar-refractivity contribution is 7.98. The number of thioether (sulfide) groups is 1. The van der Waals surface area contributed by atoms with E-state index in [2.05, 4.69) is 26.3 Å². The van der Waals surface area contributed by atoms with Gasteiger partial charge in [-0.15, -0.1) is 16.9 Å². The molecule has 33 heavy (non-hydrogen) atoms. The Hall–Kier alpha value is -2.71. The second kappa shape index (κ2) is 8.91. The molecule has 4 heterocycles. The highest BCUT2D eigenvalue weighted by Crippen LogP contribution is 2.36. The molecule has 3 aromatic heterocycles. The Morgan fingerprint density at radius 2 is 2.18 bits per heavy atom. The summed E-state index contributed by atoms with van der Waals surface area (Å²) in [6.45, 7) is 5.81. The number of nitrogens with zero attached hydrogens (tertiary/aromatic N) is 7. The van der Waals surface area contributed by atoms with Crippen molar-refractivity contribution in [2.75, 3.05) is 12.8 Å². The van der Waals surface area contributed by atoms with Crippen molar-refractivity contribution >= 4 is 51.4 Å². The number of fused-ring (bicyclic) bond motifs is 3. The largest absolute Gasteiger partial charge is 0.444 e. The molecule has 1 aliphatic rings. The molecule has 0 bridgehead atoms. The first kappa shape index (κ1) is 23.4. The van der Waals surface area contributed by atoms with Crippen LogP contribution in [0.4, 0.5) is 9.18 Å². The van der Waals surface area contributed by atoms with Crippen molar-refractivity contribution in [1.82, 2.24) is 29.9 Å². The molecule has 0 N–H and O–H groups in total. The van der Waals surface area contributed by atoms with Crippen LogP contribution in [0.15, 0.2) is 11.2 Å². The number of hydrogen-bond acceptors (Lipinski definition) is 8. The van der Waals surface area contributed by atoms with Crippen molar-refractivity contribution in [1.29, 1.82) is 5.26 Å². The van der Waals surface area contributed by atoms with Crippen molar-refractivity contribution < 1.29 is 13.9 Å². The molecule has 0 spiro atoms. The van der Waals surface area contributed by atoms with Gasteiger partial charge in [-0.3, -0.25) is 0 Å². The number of nitriles is 1. The van der Waals surface area contributed by atoms with Crippen LogP contribution in [0, 0.1) is 17.1 Å². The van der Waals surface area contributed by atoms with Gasteiger partial charge >= 0.3 is 6.09 Å². The topological polar surface area (TPSA) is 110 Å². The van der Waals surface area contributed by atoms with Crippen molar-refractivity contribution in [2.24, 2.45) is 0 Å². The van der Waals surface area contributed by atoms with Crippen LogP contribution in [0.3, 0.4) is 0 Å². The molecule has 174 valence electrons. The Kier molecular flexibility index (Phi) is 6.33. The van der Waals surface area contributed by atoms with Gasteiger partial charge in [0.15, 0.2) is 11.0 Å². The van der Waals surface area contributed by atoms with Crippen LogP contribution in [-0.4, -0.2) is 60.4 Å². The van der Waals surface area contributed by atoms with Crippen LogP contribution in [-0.2, 0) is 4.74 Å². The molecular formula is C21H23ClFN7O2S. The zero-order chi connectivity index (χ0) is 23.9. The monoisotopic (exact) mass is 491 g/mol. The lowest BCUT2D eigenvalue weighted by molar-refractivity contribution is 0.00557. The summed E-state index contributed by atoms with van der Waals surface area (Å²) in [6, 6.07) is 1.66. The van der Waals surface area contributed by atoms with E-state index in [0.717, 1.165) is 0 Å². The van der Waals surface area contributed by atoms with E-state index in [4.69, 9.17) is 16.3 Å². The number of rotatable bonds is 3. The minimum absolute atomic E-state index is 0.107. The molecule has 2 atom stereocenters. The lowest BCUT2D eigenvalue weighted by Gasteiger charge is -2.39. The van der Waals surface area contributed by atoms with Gasteiger partial charge in [0.25, 0.3) is 0 Å². The highest BCUT2D eigenvalue weighted by atomic mass is 35.5. The molecule has 0 aromatic carbocycles. The smallest absolute Gasteiger partial charge is 0.410 e. The molecule has 1 aliphatic heterocycles. The third-order valence-corrected chi connectivity index (χ3v) is 6.43. The number of halogens is 2. The van der Waals surface area contributed by atoms with Crippen molar-refractivity contribution in [3.05, 3.63) is 17.2 Å². The first-order valence-electron chi connectivity index (χ1n) is 10.4. The van der Waals surface area contributed by atoms with Gasteiger partial charge < -0.3 is 9.64 Å².